The van der Waals surface area contributed by atoms with E-state index in [-0.39, 0.29) is 31.2 Å². The zero-order chi connectivity index (χ0) is 14.8. The molecule has 1 unspecified atom stereocenters. The van der Waals surface area contributed by atoms with Crippen LogP contribution in [0.4, 0.5) is 8.78 Å². The summed E-state index contributed by atoms with van der Waals surface area (Å²) in [6, 6.07) is -0.333. The second kappa shape index (κ2) is 5.80. The summed E-state index contributed by atoms with van der Waals surface area (Å²) < 4.78 is 27.9. The minimum absolute atomic E-state index is 0.0720. The van der Waals surface area contributed by atoms with E-state index in [1.165, 1.54) is 4.68 Å². The summed E-state index contributed by atoms with van der Waals surface area (Å²) in [6.07, 6.45) is 0.832. The molecule has 0 aliphatic heterocycles. The van der Waals surface area contributed by atoms with Gasteiger partial charge in [-0.1, -0.05) is 6.92 Å². The molecule has 1 aromatic rings. The van der Waals surface area contributed by atoms with Gasteiger partial charge in [-0.05, 0) is 29.7 Å². The van der Waals surface area contributed by atoms with E-state index in [1.807, 2.05) is 6.92 Å². The van der Waals surface area contributed by atoms with E-state index in [1.54, 1.807) is 0 Å². The van der Waals surface area contributed by atoms with Crippen molar-refractivity contribution in [1.29, 1.82) is 0 Å². The van der Waals surface area contributed by atoms with Crippen molar-refractivity contribution in [2.45, 2.75) is 63.3 Å². The molecule has 1 fully saturated rings. The maximum Gasteiger partial charge on any atom is 0.305 e. The fourth-order valence-electron chi connectivity index (χ4n) is 2.63. The molecule has 1 heterocycles. The third-order valence-electron chi connectivity index (χ3n) is 3.83. The smallest absolute Gasteiger partial charge is 0.305 e. The Bertz CT molecular complexity index is 468. The van der Waals surface area contributed by atoms with E-state index in [0.717, 1.165) is 0 Å². The number of aliphatic carboxylic acids is 1. The molecule has 1 atom stereocenters. The second-order valence-electron chi connectivity index (χ2n) is 5.27. The molecule has 0 radical (unpaired) electrons. The number of carboxylic acid groups (broad SMARTS) is 1. The Balaban J connectivity index is 2.14. The molecule has 0 amide bonds. The van der Waals surface area contributed by atoms with Crippen LogP contribution >= 0.6 is 0 Å². The summed E-state index contributed by atoms with van der Waals surface area (Å²) in [5, 5.41) is 20.3. The van der Waals surface area contributed by atoms with Crippen LogP contribution in [0.2, 0.25) is 0 Å². The number of halogens is 2. The average Bonchev–Trinajstić information content (AvgIpc) is 2.84. The van der Waals surface area contributed by atoms with Crippen molar-refractivity contribution in [3.63, 3.8) is 0 Å². The molecule has 0 saturated heterocycles. The fourth-order valence-corrected chi connectivity index (χ4v) is 2.63. The van der Waals surface area contributed by atoms with Crippen LogP contribution in [0.1, 0.15) is 63.2 Å². The van der Waals surface area contributed by atoms with Crippen molar-refractivity contribution >= 4 is 5.97 Å². The predicted molar refractivity (Wildman–Crippen MR) is 65.6 cm³/mol. The highest BCUT2D eigenvalue weighted by Crippen LogP contribution is 2.40. The van der Waals surface area contributed by atoms with Gasteiger partial charge < -0.3 is 5.11 Å². The lowest BCUT2D eigenvalue weighted by atomic mass is 9.86. The molecule has 1 saturated carbocycles. The van der Waals surface area contributed by atoms with Gasteiger partial charge in [0.25, 0.3) is 0 Å². The van der Waals surface area contributed by atoms with Gasteiger partial charge in [-0.25, -0.2) is 13.5 Å². The molecule has 1 N–H and O–H groups in total. The topological polar surface area (TPSA) is 80.9 Å². The number of carboxylic acids is 1. The normalized spacial score (nSPS) is 20.8. The first-order valence-electron chi connectivity index (χ1n) is 6.80. The molecular formula is C12H18F2N4O2. The van der Waals surface area contributed by atoms with Crippen LogP contribution in [-0.2, 0) is 4.79 Å². The summed E-state index contributed by atoms with van der Waals surface area (Å²) in [5.41, 5.74) is 0. The minimum Gasteiger partial charge on any atom is -0.481 e. The lowest BCUT2D eigenvalue weighted by Crippen LogP contribution is -2.26. The van der Waals surface area contributed by atoms with Crippen molar-refractivity contribution in [1.82, 2.24) is 20.2 Å². The van der Waals surface area contributed by atoms with Crippen LogP contribution in [0.3, 0.4) is 0 Å². The first-order chi connectivity index (χ1) is 9.43. The van der Waals surface area contributed by atoms with Gasteiger partial charge in [-0.2, -0.15) is 0 Å². The Hall–Kier alpha value is -1.60. The van der Waals surface area contributed by atoms with E-state index in [0.29, 0.717) is 25.1 Å². The maximum atomic E-state index is 13.2. The fraction of sp³-hybridized carbons (Fsp3) is 0.833. The van der Waals surface area contributed by atoms with Gasteiger partial charge in [0.05, 0.1) is 12.5 Å². The summed E-state index contributed by atoms with van der Waals surface area (Å²) >= 11 is 0. The van der Waals surface area contributed by atoms with E-state index in [2.05, 4.69) is 15.5 Å². The van der Waals surface area contributed by atoms with E-state index in [4.69, 9.17) is 5.11 Å². The number of hydrogen-bond acceptors (Lipinski definition) is 4. The Labute approximate surface area is 115 Å². The van der Waals surface area contributed by atoms with Crippen molar-refractivity contribution in [3.8, 4) is 0 Å². The summed E-state index contributed by atoms with van der Waals surface area (Å²) in [5.74, 6) is -3.10. The number of hydrogen-bond donors (Lipinski definition) is 1. The van der Waals surface area contributed by atoms with E-state index >= 15 is 0 Å². The van der Waals surface area contributed by atoms with Gasteiger partial charge >= 0.3 is 5.97 Å². The first kappa shape index (κ1) is 14.8. The van der Waals surface area contributed by atoms with Crippen molar-refractivity contribution in [2.24, 2.45) is 0 Å². The largest absolute Gasteiger partial charge is 0.481 e. The molecule has 8 heteroatoms. The van der Waals surface area contributed by atoms with Gasteiger partial charge in [0.2, 0.25) is 5.92 Å². The average molecular weight is 288 g/mol. The summed E-state index contributed by atoms with van der Waals surface area (Å²) in [6.45, 7) is 1.86. The molecule has 1 aromatic heterocycles. The highest BCUT2D eigenvalue weighted by Gasteiger charge is 2.37. The first-order valence-corrected chi connectivity index (χ1v) is 6.80. The molecule has 1 aliphatic carbocycles. The van der Waals surface area contributed by atoms with Crippen molar-refractivity contribution < 1.29 is 18.7 Å². The number of tetrazole rings is 1. The standard InChI is InChI=1S/C12H18F2N4O2/c1-2-9(7-10(19)20)18-11(15-16-17-18)8-3-5-12(13,14)6-4-8/h8-9H,2-7H2,1H3,(H,19,20). The Morgan fingerprint density at radius 2 is 2.15 bits per heavy atom. The molecule has 1 aliphatic rings. The second-order valence-corrected chi connectivity index (χ2v) is 5.27. The van der Waals surface area contributed by atoms with Crippen LogP contribution in [0, 0.1) is 0 Å². The van der Waals surface area contributed by atoms with Gasteiger partial charge in [0.15, 0.2) is 5.82 Å². The number of nitrogens with zero attached hydrogens (tertiary/aromatic N) is 4. The molecule has 6 nitrogen and oxygen atoms in total. The van der Waals surface area contributed by atoms with E-state index < -0.39 is 11.9 Å². The highest BCUT2D eigenvalue weighted by atomic mass is 19.3. The monoisotopic (exact) mass is 288 g/mol. The molecule has 0 spiro atoms. The molecule has 20 heavy (non-hydrogen) atoms. The Morgan fingerprint density at radius 1 is 1.50 bits per heavy atom. The van der Waals surface area contributed by atoms with Crippen molar-refractivity contribution in [2.75, 3.05) is 0 Å². The maximum absolute atomic E-state index is 13.2. The third kappa shape index (κ3) is 3.29. The van der Waals surface area contributed by atoms with E-state index in [9.17, 15) is 13.6 Å². The lowest BCUT2D eigenvalue weighted by molar-refractivity contribution is -0.138. The quantitative estimate of drug-likeness (QED) is 0.899. The van der Waals surface area contributed by atoms with Gasteiger partial charge in [-0.15, -0.1) is 5.10 Å². The molecule has 112 valence electrons. The third-order valence-corrected chi connectivity index (χ3v) is 3.83. The van der Waals surface area contributed by atoms with Crippen molar-refractivity contribution in [3.05, 3.63) is 5.82 Å². The van der Waals surface area contributed by atoms with Crippen LogP contribution < -0.4 is 0 Å². The van der Waals surface area contributed by atoms with Gasteiger partial charge in [-0.3, -0.25) is 4.79 Å². The number of alkyl halides is 2. The number of rotatable bonds is 5. The van der Waals surface area contributed by atoms with Gasteiger partial charge in [0, 0.05) is 18.8 Å². The minimum atomic E-state index is -2.60. The zero-order valence-corrected chi connectivity index (χ0v) is 11.3. The lowest BCUT2D eigenvalue weighted by Gasteiger charge is -2.28. The Morgan fingerprint density at radius 3 is 2.70 bits per heavy atom. The molecular weight excluding hydrogens is 270 g/mol. The number of carbonyl (C=O) groups is 1. The molecule has 2 rings (SSSR count). The van der Waals surface area contributed by atoms with Crippen LogP contribution in [0.25, 0.3) is 0 Å². The summed E-state index contributed by atoms with van der Waals surface area (Å²) in [7, 11) is 0. The zero-order valence-electron chi connectivity index (χ0n) is 11.3. The van der Waals surface area contributed by atoms with Crippen LogP contribution in [0.5, 0.6) is 0 Å². The Kier molecular flexibility index (Phi) is 4.29. The summed E-state index contributed by atoms with van der Waals surface area (Å²) in [4.78, 5) is 10.9. The van der Waals surface area contributed by atoms with Crippen LogP contribution in [-0.4, -0.2) is 37.2 Å². The SMILES string of the molecule is CCC(CC(=O)O)n1nnnc1C1CCC(F)(F)CC1. The van der Waals surface area contributed by atoms with Gasteiger partial charge in [0.1, 0.15) is 0 Å². The number of aromatic nitrogens is 4. The molecule has 0 aromatic carbocycles. The van der Waals surface area contributed by atoms with Crippen LogP contribution in [0.15, 0.2) is 0 Å². The molecule has 0 bridgehead atoms. The predicted octanol–water partition coefficient (Wildman–Crippen LogP) is 2.39. The highest BCUT2D eigenvalue weighted by molar-refractivity contribution is 5.67.